The fourth-order valence-corrected chi connectivity index (χ4v) is 1.93. The SMILES string of the molecule is COc1ccc(C(CN=C=O)C(C)C)c(OC)c1. The van der Waals surface area contributed by atoms with E-state index < -0.39 is 0 Å². The van der Waals surface area contributed by atoms with Crippen LogP contribution in [0.1, 0.15) is 25.3 Å². The molecule has 0 aliphatic rings. The van der Waals surface area contributed by atoms with Gasteiger partial charge >= 0.3 is 0 Å². The quantitative estimate of drug-likeness (QED) is 0.575. The molecule has 98 valence electrons. The third kappa shape index (κ3) is 3.34. The van der Waals surface area contributed by atoms with Crippen LogP contribution in [0.15, 0.2) is 23.2 Å². The van der Waals surface area contributed by atoms with Gasteiger partial charge in [0.15, 0.2) is 0 Å². The number of methoxy groups -OCH3 is 2. The molecule has 1 aromatic rings. The maximum absolute atomic E-state index is 10.3. The van der Waals surface area contributed by atoms with Crippen molar-refractivity contribution >= 4 is 6.08 Å². The summed E-state index contributed by atoms with van der Waals surface area (Å²) in [6, 6.07) is 5.69. The van der Waals surface area contributed by atoms with Gasteiger partial charge in [0.25, 0.3) is 0 Å². The Kier molecular flexibility index (Phi) is 5.40. The number of isocyanates is 1. The third-order valence-electron chi connectivity index (χ3n) is 3.00. The van der Waals surface area contributed by atoms with Crippen LogP contribution in [0.5, 0.6) is 11.5 Å². The topological polar surface area (TPSA) is 47.9 Å². The molecule has 4 nitrogen and oxygen atoms in total. The Balaban J connectivity index is 3.14. The first kappa shape index (κ1) is 14.3. The number of benzene rings is 1. The highest BCUT2D eigenvalue weighted by Gasteiger charge is 2.20. The predicted molar refractivity (Wildman–Crippen MR) is 70.1 cm³/mol. The normalized spacial score (nSPS) is 11.8. The van der Waals surface area contributed by atoms with Crippen LogP contribution in [-0.4, -0.2) is 26.8 Å². The van der Waals surface area contributed by atoms with Crippen molar-refractivity contribution in [3.63, 3.8) is 0 Å². The molecule has 4 heteroatoms. The Labute approximate surface area is 108 Å². The van der Waals surface area contributed by atoms with E-state index in [1.54, 1.807) is 20.3 Å². The van der Waals surface area contributed by atoms with Crippen molar-refractivity contribution in [1.29, 1.82) is 0 Å². The fraction of sp³-hybridized carbons (Fsp3) is 0.500. The number of aliphatic imine (C=N–C) groups is 1. The Hall–Kier alpha value is -1.80. The molecule has 0 bridgehead atoms. The molecular weight excluding hydrogens is 230 g/mol. The van der Waals surface area contributed by atoms with Crippen molar-refractivity contribution in [2.24, 2.45) is 10.9 Å². The van der Waals surface area contributed by atoms with E-state index in [0.717, 1.165) is 17.1 Å². The number of hydrogen-bond donors (Lipinski definition) is 0. The number of hydrogen-bond acceptors (Lipinski definition) is 4. The third-order valence-corrected chi connectivity index (χ3v) is 3.00. The standard InChI is InChI=1S/C14H19NO3/c1-10(2)13(8-15-9-16)12-6-5-11(17-3)7-14(12)18-4/h5-7,10,13H,8H2,1-4H3. The van der Waals surface area contributed by atoms with Crippen LogP contribution in [0.25, 0.3) is 0 Å². The summed E-state index contributed by atoms with van der Waals surface area (Å²) < 4.78 is 10.5. The zero-order valence-electron chi connectivity index (χ0n) is 11.3. The first-order valence-electron chi connectivity index (χ1n) is 5.89. The average Bonchev–Trinajstić information content (AvgIpc) is 2.38. The van der Waals surface area contributed by atoms with E-state index in [1.165, 1.54) is 0 Å². The zero-order valence-corrected chi connectivity index (χ0v) is 11.3. The van der Waals surface area contributed by atoms with Crippen molar-refractivity contribution in [2.75, 3.05) is 20.8 Å². The number of ether oxygens (including phenoxy) is 2. The molecule has 18 heavy (non-hydrogen) atoms. The molecule has 1 unspecified atom stereocenters. The molecule has 0 N–H and O–H groups in total. The van der Waals surface area contributed by atoms with E-state index in [2.05, 4.69) is 18.8 Å². The van der Waals surface area contributed by atoms with Crippen LogP contribution in [0.4, 0.5) is 0 Å². The van der Waals surface area contributed by atoms with Gasteiger partial charge in [0.2, 0.25) is 6.08 Å². The lowest BCUT2D eigenvalue weighted by atomic mass is 9.88. The van der Waals surface area contributed by atoms with Gasteiger partial charge in [-0.2, -0.15) is 0 Å². The number of nitrogens with zero attached hydrogens (tertiary/aromatic N) is 1. The van der Waals surface area contributed by atoms with Crippen molar-refractivity contribution in [2.45, 2.75) is 19.8 Å². The first-order chi connectivity index (χ1) is 8.63. The summed E-state index contributed by atoms with van der Waals surface area (Å²) >= 11 is 0. The molecule has 1 rings (SSSR count). The van der Waals surface area contributed by atoms with Gasteiger partial charge in [-0.15, -0.1) is 0 Å². The number of rotatable bonds is 6. The van der Waals surface area contributed by atoms with Crippen LogP contribution in [0, 0.1) is 5.92 Å². The molecule has 0 heterocycles. The van der Waals surface area contributed by atoms with Gasteiger partial charge < -0.3 is 9.47 Å². The second-order valence-corrected chi connectivity index (χ2v) is 4.39. The highest BCUT2D eigenvalue weighted by atomic mass is 16.5. The van der Waals surface area contributed by atoms with E-state index >= 15 is 0 Å². The zero-order chi connectivity index (χ0) is 13.5. The summed E-state index contributed by atoms with van der Waals surface area (Å²) in [4.78, 5) is 14.0. The minimum Gasteiger partial charge on any atom is -0.497 e. The Morgan fingerprint density at radius 1 is 1.28 bits per heavy atom. The second kappa shape index (κ2) is 6.82. The molecule has 0 aliphatic heterocycles. The highest BCUT2D eigenvalue weighted by molar-refractivity contribution is 5.43. The van der Waals surface area contributed by atoms with Gasteiger partial charge in [-0.05, 0) is 17.5 Å². The van der Waals surface area contributed by atoms with Gasteiger partial charge in [-0.25, -0.2) is 9.79 Å². The van der Waals surface area contributed by atoms with Crippen LogP contribution in [0.2, 0.25) is 0 Å². The predicted octanol–water partition coefficient (Wildman–Crippen LogP) is 2.78. The fourth-order valence-electron chi connectivity index (χ4n) is 1.93. The molecule has 0 saturated heterocycles. The molecule has 0 aromatic heterocycles. The summed E-state index contributed by atoms with van der Waals surface area (Å²) in [5.41, 5.74) is 1.03. The second-order valence-electron chi connectivity index (χ2n) is 4.39. The lowest BCUT2D eigenvalue weighted by Gasteiger charge is -2.21. The van der Waals surface area contributed by atoms with E-state index in [-0.39, 0.29) is 5.92 Å². The van der Waals surface area contributed by atoms with Crippen LogP contribution in [0.3, 0.4) is 0 Å². The molecule has 0 aliphatic carbocycles. The highest BCUT2D eigenvalue weighted by Crippen LogP contribution is 2.34. The molecular formula is C14H19NO3. The molecule has 0 radical (unpaired) electrons. The van der Waals surface area contributed by atoms with Crippen molar-refractivity contribution in [1.82, 2.24) is 0 Å². The average molecular weight is 249 g/mol. The summed E-state index contributed by atoms with van der Waals surface area (Å²) in [6.45, 7) is 4.60. The monoisotopic (exact) mass is 249 g/mol. The van der Waals surface area contributed by atoms with Crippen LogP contribution < -0.4 is 9.47 Å². The Morgan fingerprint density at radius 2 is 2.00 bits per heavy atom. The molecule has 1 atom stereocenters. The summed E-state index contributed by atoms with van der Waals surface area (Å²) in [6.07, 6.45) is 1.59. The number of carbonyl (C=O) groups excluding carboxylic acids is 1. The summed E-state index contributed by atoms with van der Waals surface area (Å²) in [7, 11) is 3.24. The van der Waals surface area contributed by atoms with Crippen molar-refractivity contribution < 1.29 is 14.3 Å². The van der Waals surface area contributed by atoms with Gasteiger partial charge in [-0.3, -0.25) is 0 Å². The van der Waals surface area contributed by atoms with Crippen molar-refractivity contribution in [3.8, 4) is 11.5 Å². The minimum absolute atomic E-state index is 0.132. The Morgan fingerprint density at radius 3 is 2.50 bits per heavy atom. The van der Waals surface area contributed by atoms with Crippen LogP contribution >= 0.6 is 0 Å². The smallest absolute Gasteiger partial charge is 0.234 e. The van der Waals surface area contributed by atoms with Gasteiger partial charge in [0.1, 0.15) is 11.5 Å². The maximum Gasteiger partial charge on any atom is 0.234 e. The molecule has 0 amide bonds. The maximum atomic E-state index is 10.3. The van der Waals surface area contributed by atoms with E-state index in [1.807, 2.05) is 18.2 Å². The summed E-state index contributed by atoms with van der Waals surface area (Å²) in [5, 5.41) is 0. The van der Waals surface area contributed by atoms with Crippen LogP contribution in [-0.2, 0) is 4.79 Å². The first-order valence-corrected chi connectivity index (χ1v) is 5.89. The molecule has 0 saturated carbocycles. The lowest BCUT2D eigenvalue weighted by molar-refractivity contribution is 0.382. The van der Waals surface area contributed by atoms with Gasteiger partial charge in [0.05, 0.1) is 20.8 Å². The molecule has 0 spiro atoms. The lowest BCUT2D eigenvalue weighted by Crippen LogP contribution is -2.11. The van der Waals surface area contributed by atoms with E-state index in [4.69, 9.17) is 9.47 Å². The summed E-state index contributed by atoms with van der Waals surface area (Å²) in [5.74, 6) is 1.99. The van der Waals surface area contributed by atoms with Crippen molar-refractivity contribution in [3.05, 3.63) is 23.8 Å². The molecule has 0 fully saturated rings. The van der Waals surface area contributed by atoms with E-state index in [9.17, 15) is 4.79 Å². The Bertz CT molecular complexity index is 437. The van der Waals surface area contributed by atoms with E-state index in [0.29, 0.717) is 12.5 Å². The largest absolute Gasteiger partial charge is 0.497 e. The minimum atomic E-state index is 0.132. The molecule has 1 aromatic carbocycles. The van der Waals surface area contributed by atoms with Gasteiger partial charge in [0, 0.05) is 12.0 Å². The van der Waals surface area contributed by atoms with Gasteiger partial charge in [-0.1, -0.05) is 19.9 Å².